The number of nitrogens with one attached hydrogen (secondary N) is 3. The van der Waals surface area contributed by atoms with Crippen molar-refractivity contribution >= 4 is 29.4 Å². The number of carbonyl (C=O) groups excluding carboxylic acids is 4. The van der Waals surface area contributed by atoms with Gasteiger partial charge < -0.3 is 25.1 Å². The number of carbonyl (C=O) groups is 4. The van der Waals surface area contributed by atoms with Crippen LogP contribution in [0.1, 0.15) is 17.5 Å². The van der Waals surface area contributed by atoms with Gasteiger partial charge in [-0.25, -0.2) is 4.39 Å². The molecule has 0 unspecified atom stereocenters. The van der Waals surface area contributed by atoms with Crippen molar-refractivity contribution in [3.05, 3.63) is 54.2 Å². The molecule has 1 aromatic carbocycles. The summed E-state index contributed by atoms with van der Waals surface area (Å²) in [4.78, 5) is 46.9. The molecule has 0 saturated carbocycles. The highest BCUT2D eigenvalue weighted by Gasteiger charge is 2.18. The lowest BCUT2D eigenvalue weighted by atomic mass is 10.3. The van der Waals surface area contributed by atoms with E-state index in [2.05, 4.69) is 16.0 Å². The van der Waals surface area contributed by atoms with E-state index < -0.39 is 42.2 Å². The highest BCUT2D eigenvalue weighted by atomic mass is 19.1. The van der Waals surface area contributed by atoms with Gasteiger partial charge in [-0.15, -0.1) is 0 Å². The van der Waals surface area contributed by atoms with Crippen molar-refractivity contribution in [3.63, 3.8) is 0 Å². The summed E-state index contributed by atoms with van der Waals surface area (Å²) in [5.74, 6) is -3.06. The molecule has 10 heteroatoms. The van der Waals surface area contributed by atoms with Crippen LogP contribution in [0.3, 0.4) is 0 Å². The van der Waals surface area contributed by atoms with Crippen LogP contribution in [0, 0.1) is 5.82 Å². The molecule has 3 N–H and O–H groups in total. The molecule has 0 fully saturated rings. The van der Waals surface area contributed by atoms with Crippen LogP contribution in [0.25, 0.3) is 0 Å². The van der Waals surface area contributed by atoms with E-state index in [0.717, 1.165) is 0 Å². The highest BCUT2D eigenvalue weighted by molar-refractivity contribution is 5.96. The third kappa shape index (κ3) is 6.56. The minimum absolute atomic E-state index is 0.0493. The van der Waals surface area contributed by atoms with Crippen LogP contribution in [0.15, 0.2) is 47.1 Å². The van der Waals surface area contributed by atoms with Crippen LogP contribution in [-0.4, -0.2) is 42.9 Å². The van der Waals surface area contributed by atoms with Gasteiger partial charge in [-0.2, -0.15) is 0 Å². The first-order valence-corrected chi connectivity index (χ1v) is 8.19. The predicted octanol–water partition coefficient (Wildman–Crippen LogP) is 0.835. The van der Waals surface area contributed by atoms with Crippen LogP contribution in [0.2, 0.25) is 0 Å². The van der Waals surface area contributed by atoms with Crippen molar-refractivity contribution in [1.82, 2.24) is 10.6 Å². The van der Waals surface area contributed by atoms with Gasteiger partial charge in [-0.3, -0.25) is 19.2 Å². The van der Waals surface area contributed by atoms with Gasteiger partial charge in [0.05, 0.1) is 12.8 Å². The summed E-state index contributed by atoms with van der Waals surface area (Å²) >= 11 is 0. The summed E-state index contributed by atoms with van der Waals surface area (Å²) in [7, 11) is 0. The lowest BCUT2D eigenvalue weighted by Gasteiger charge is -2.14. The maximum absolute atomic E-state index is 12.8. The topological polar surface area (TPSA) is 127 Å². The fourth-order valence-electron chi connectivity index (χ4n) is 1.96. The second-order valence-corrected chi connectivity index (χ2v) is 5.56. The van der Waals surface area contributed by atoms with Crippen molar-refractivity contribution in [2.75, 3.05) is 18.4 Å². The Labute approximate surface area is 159 Å². The Kier molecular flexibility index (Phi) is 7.26. The Morgan fingerprint density at radius 1 is 1.07 bits per heavy atom. The zero-order chi connectivity index (χ0) is 20.5. The van der Waals surface area contributed by atoms with Crippen LogP contribution < -0.4 is 16.0 Å². The molecule has 28 heavy (non-hydrogen) atoms. The number of rotatable bonds is 8. The van der Waals surface area contributed by atoms with Gasteiger partial charge in [-0.1, -0.05) is 0 Å². The molecular weight excluding hydrogens is 373 g/mol. The second-order valence-electron chi connectivity index (χ2n) is 5.56. The predicted molar refractivity (Wildman–Crippen MR) is 94.6 cm³/mol. The van der Waals surface area contributed by atoms with E-state index in [0.29, 0.717) is 5.69 Å². The van der Waals surface area contributed by atoms with Crippen LogP contribution >= 0.6 is 0 Å². The van der Waals surface area contributed by atoms with Gasteiger partial charge in [0.1, 0.15) is 12.4 Å². The third-order valence-electron chi connectivity index (χ3n) is 3.37. The zero-order valence-electron chi connectivity index (χ0n) is 14.9. The first kappa shape index (κ1) is 20.6. The molecule has 1 aromatic heterocycles. The van der Waals surface area contributed by atoms with Gasteiger partial charge in [0.15, 0.2) is 11.9 Å². The quantitative estimate of drug-likeness (QED) is 0.572. The van der Waals surface area contributed by atoms with Crippen LogP contribution in [0.5, 0.6) is 0 Å². The van der Waals surface area contributed by atoms with Crippen molar-refractivity contribution in [2.24, 2.45) is 0 Å². The summed E-state index contributed by atoms with van der Waals surface area (Å²) in [6.07, 6.45) is 0.186. The summed E-state index contributed by atoms with van der Waals surface area (Å²) in [6.45, 7) is 0.499. The third-order valence-corrected chi connectivity index (χ3v) is 3.37. The number of amides is 3. The molecule has 9 nitrogen and oxygen atoms in total. The molecule has 0 radical (unpaired) electrons. The molecule has 0 bridgehead atoms. The summed E-state index contributed by atoms with van der Waals surface area (Å²) < 4.78 is 22.6. The Morgan fingerprint density at radius 2 is 1.79 bits per heavy atom. The standard InChI is InChI=1S/C18H18FN3O6/c1-11(17(25)22-13-6-4-12(19)5-7-13)28-16(24)10-20-15(23)9-21-18(26)14-3-2-8-27-14/h2-8,11H,9-10H2,1H3,(H,20,23)(H,21,26)(H,22,25)/t11-/m0/s1. The van der Waals surface area contributed by atoms with Gasteiger partial charge >= 0.3 is 5.97 Å². The smallest absolute Gasteiger partial charge is 0.326 e. The van der Waals surface area contributed by atoms with E-state index in [4.69, 9.17) is 9.15 Å². The fourth-order valence-corrected chi connectivity index (χ4v) is 1.96. The van der Waals surface area contributed by atoms with Gasteiger partial charge in [0.25, 0.3) is 11.8 Å². The molecule has 0 aliphatic heterocycles. The molecule has 1 atom stereocenters. The largest absolute Gasteiger partial charge is 0.459 e. The number of ether oxygens (including phenoxy) is 1. The molecule has 2 aromatic rings. The SMILES string of the molecule is C[C@H](OC(=O)CNC(=O)CNC(=O)c1ccco1)C(=O)Nc1ccc(F)cc1. The molecule has 2 rings (SSSR count). The summed E-state index contributed by atoms with van der Waals surface area (Å²) in [5.41, 5.74) is 0.343. The van der Waals surface area contributed by atoms with Crippen molar-refractivity contribution < 1.29 is 32.7 Å². The maximum Gasteiger partial charge on any atom is 0.326 e. The zero-order valence-corrected chi connectivity index (χ0v) is 14.9. The lowest BCUT2D eigenvalue weighted by molar-refractivity contribution is -0.152. The maximum atomic E-state index is 12.8. The van der Waals surface area contributed by atoms with E-state index in [1.807, 2.05) is 0 Å². The first-order chi connectivity index (χ1) is 13.3. The number of halogens is 1. The monoisotopic (exact) mass is 391 g/mol. The number of hydrogen-bond donors (Lipinski definition) is 3. The van der Waals surface area contributed by atoms with E-state index in [-0.39, 0.29) is 12.3 Å². The Morgan fingerprint density at radius 3 is 2.43 bits per heavy atom. The minimum Gasteiger partial charge on any atom is -0.459 e. The van der Waals surface area contributed by atoms with E-state index in [9.17, 15) is 23.6 Å². The number of benzene rings is 1. The van der Waals surface area contributed by atoms with E-state index in [1.165, 1.54) is 49.6 Å². The van der Waals surface area contributed by atoms with Crippen LogP contribution in [-0.2, 0) is 19.1 Å². The average Bonchev–Trinajstić information content (AvgIpc) is 3.21. The molecule has 0 aliphatic carbocycles. The number of furan rings is 1. The molecule has 0 saturated heterocycles. The Bertz CT molecular complexity index is 836. The number of esters is 1. The van der Waals surface area contributed by atoms with E-state index in [1.54, 1.807) is 0 Å². The van der Waals surface area contributed by atoms with E-state index >= 15 is 0 Å². The van der Waals surface area contributed by atoms with Crippen LogP contribution in [0.4, 0.5) is 10.1 Å². The molecular formula is C18H18FN3O6. The molecule has 0 spiro atoms. The van der Waals surface area contributed by atoms with Crippen molar-refractivity contribution in [1.29, 1.82) is 0 Å². The fraction of sp³-hybridized carbons (Fsp3) is 0.222. The minimum atomic E-state index is -1.13. The van der Waals surface area contributed by atoms with Crippen molar-refractivity contribution in [3.8, 4) is 0 Å². The number of hydrogen-bond acceptors (Lipinski definition) is 6. The van der Waals surface area contributed by atoms with Gasteiger partial charge in [-0.05, 0) is 43.3 Å². The average molecular weight is 391 g/mol. The molecule has 148 valence electrons. The highest BCUT2D eigenvalue weighted by Crippen LogP contribution is 2.09. The van der Waals surface area contributed by atoms with Gasteiger partial charge in [0, 0.05) is 5.69 Å². The first-order valence-electron chi connectivity index (χ1n) is 8.19. The van der Waals surface area contributed by atoms with Crippen molar-refractivity contribution in [2.45, 2.75) is 13.0 Å². The normalized spacial score (nSPS) is 11.2. The lowest BCUT2D eigenvalue weighted by Crippen LogP contribution is -2.40. The summed E-state index contributed by atoms with van der Waals surface area (Å²) in [6, 6.07) is 8.03. The molecule has 3 amide bonds. The Hall–Kier alpha value is -3.69. The van der Waals surface area contributed by atoms with Gasteiger partial charge in [0.2, 0.25) is 5.91 Å². The number of anilines is 1. The second kappa shape index (κ2) is 9.86. The molecule has 0 aliphatic rings. The molecule has 1 heterocycles. The Balaban J connectivity index is 1.67. The summed E-state index contributed by atoms with van der Waals surface area (Å²) in [5, 5.41) is 7.02.